The third kappa shape index (κ3) is 5.40. The van der Waals surface area contributed by atoms with Crippen LogP contribution < -0.4 is 5.32 Å². The average molecular weight is 269 g/mol. The van der Waals surface area contributed by atoms with Crippen molar-refractivity contribution in [3.05, 3.63) is 29.3 Å². The van der Waals surface area contributed by atoms with Crippen molar-refractivity contribution in [2.24, 2.45) is 0 Å². The van der Waals surface area contributed by atoms with Crippen molar-refractivity contribution in [3.8, 4) is 0 Å². The van der Waals surface area contributed by atoms with Crippen LogP contribution >= 0.6 is 11.8 Å². The standard InChI is InChI=1S/C14H23NO2S/c1-10(2)15-7-12-4-5-14(11(3)6-12)18-9-13(17)8-16/h4-6,10,13,15-17H,7-9H2,1-3H3. The Hall–Kier alpha value is -0.550. The van der Waals surface area contributed by atoms with Crippen molar-refractivity contribution >= 4 is 11.8 Å². The Balaban J connectivity index is 2.56. The van der Waals surface area contributed by atoms with Crippen molar-refractivity contribution in [3.63, 3.8) is 0 Å². The first-order valence-corrected chi connectivity index (χ1v) is 7.26. The molecule has 0 aliphatic heterocycles. The Morgan fingerprint density at radius 3 is 2.61 bits per heavy atom. The minimum Gasteiger partial charge on any atom is -0.394 e. The first kappa shape index (κ1) is 15.5. The molecule has 3 nitrogen and oxygen atoms in total. The number of benzene rings is 1. The van der Waals surface area contributed by atoms with Gasteiger partial charge in [-0.25, -0.2) is 0 Å². The summed E-state index contributed by atoms with van der Waals surface area (Å²) in [6.45, 7) is 7.04. The van der Waals surface area contributed by atoms with Crippen molar-refractivity contribution < 1.29 is 10.2 Å². The topological polar surface area (TPSA) is 52.5 Å². The fourth-order valence-corrected chi connectivity index (χ4v) is 2.47. The van der Waals surface area contributed by atoms with Crippen LogP contribution in [0.5, 0.6) is 0 Å². The molecule has 0 fully saturated rings. The molecule has 102 valence electrons. The minimum atomic E-state index is -0.642. The van der Waals surface area contributed by atoms with Crippen molar-refractivity contribution in [1.29, 1.82) is 0 Å². The number of aryl methyl sites for hydroxylation is 1. The minimum absolute atomic E-state index is 0.178. The molecule has 0 aliphatic rings. The van der Waals surface area contributed by atoms with E-state index >= 15 is 0 Å². The normalized spacial score (nSPS) is 13.0. The van der Waals surface area contributed by atoms with Gasteiger partial charge in [0.25, 0.3) is 0 Å². The maximum atomic E-state index is 9.33. The number of hydrogen-bond donors (Lipinski definition) is 3. The molecule has 1 atom stereocenters. The zero-order valence-corrected chi connectivity index (χ0v) is 12.1. The van der Waals surface area contributed by atoms with Crippen molar-refractivity contribution in [2.45, 2.75) is 44.4 Å². The highest BCUT2D eigenvalue weighted by molar-refractivity contribution is 7.99. The van der Waals surface area contributed by atoms with Gasteiger partial charge in [-0.1, -0.05) is 26.0 Å². The summed E-state index contributed by atoms with van der Waals surface area (Å²) in [5, 5.41) is 21.5. The molecule has 0 bridgehead atoms. The van der Waals surface area contributed by atoms with E-state index in [4.69, 9.17) is 5.11 Å². The predicted octanol–water partition coefficient (Wildman–Crippen LogP) is 1.94. The van der Waals surface area contributed by atoms with Crippen LogP contribution in [0.25, 0.3) is 0 Å². The van der Waals surface area contributed by atoms with Gasteiger partial charge in [-0.15, -0.1) is 11.8 Å². The molecule has 0 aromatic heterocycles. The number of thioether (sulfide) groups is 1. The van der Waals surface area contributed by atoms with Crippen molar-refractivity contribution in [2.75, 3.05) is 12.4 Å². The number of aliphatic hydroxyl groups is 2. The molecule has 1 aromatic carbocycles. The second-order valence-corrected chi connectivity index (χ2v) is 5.84. The SMILES string of the molecule is Cc1cc(CNC(C)C)ccc1SCC(O)CO. The van der Waals surface area contributed by atoms with Gasteiger partial charge in [0, 0.05) is 23.2 Å². The average Bonchev–Trinajstić information content (AvgIpc) is 2.34. The van der Waals surface area contributed by atoms with Crippen LogP contribution in [0, 0.1) is 6.92 Å². The van der Waals surface area contributed by atoms with Crippen LogP contribution in [0.2, 0.25) is 0 Å². The molecule has 0 amide bonds. The lowest BCUT2D eigenvalue weighted by Gasteiger charge is -2.12. The van der Waals surface area contributed by atoms with E-state index in [1.165, 1.54) is 11.1 Å². The predicted molar refractivity (Wildman–Crippen MR) is 77.0 cm³/mol. The van der Waals surface area contributed by atoms with Crippen LogP contribution in [-0.2, 0) is 6.54 Å². The highest BCUT2D eigenvalue weighted by atomic mass is 32.2. The van der Waals surface area contributed by atoms with Gasteiger partial charge in [0.2, 0.25) is 0 Å². The summed E-state index contributed by atoms with van der Waals surface area (Å²) in [4.78, 5) is 1.16. The zero-order valence-electron chi connectivity index (χ0n) is 11.3. The largest absolute Gasteiger partial charge is 0.394 e. The Bertz CT molecular complexity index is 369. The summed E-state index contributed by atoms with van der Waals surface area (Å²) in [7, 11) is 0. The Morgan fingerprint density at radius 1 is 1.33 bits per heavy atom. The fraction of sp³-hybridized carbons (Fsp3) is 0.571. The van der Waals surface area contributed by atoms with Crippen molar-refractivity contribution in [1.82, 2.24) is 5.32 Å². The fourth-order valence-electron chi connectivity index (χ4n) is 1.54. The van der Waals surface area contributed by atoms with Gasteiger partial charge in [-0.2, -0.15) is 0 Å². The lowest BCUT2D eigenvalue weighted by molar-refractivity contribution is 0.113. The summed E-state index contributed by atoms with van der Waals surface area (Å²) in [6.07, 6.45) is -0.642. The van der Waals surface area contributed by atoms with Gasteiger partial charge in [0.15, 0.2) is 0 Å². The van der Waals surface area contributed by atoms with E-state index in [2.05, 4.69) is 44.3 Å². The molecule has 1 unspecified atom stereocenters. The molecule has 0 saturated heterocycles. The maximum absolute atomic E-state index is 9.33. The molecule has 0 saturated carbocycles. The lowest BCUT2D eigenvalue weighted by Crippen LogP contribution is -2.21. The van der Waals surface area contributed by atoms with E-state index < -0.39 is 6.10 Å². The lowest BCUT2D eigenvalue weighted by atomic mass is 10.1. The first-order valence-electron chi connectivity index (χ1n) is 6.27. The molecule has 1 rings (SSSR count). The molecule has 0 heterocycles. The van der Waals surface area contributed by atoms with Crippen LogP contribution in [0.3, 0.4) is 0 Å². The number of hydrogen-bond acceptors (Lipinski definition) is 4. The van der Waals surface area contributed by atoms with Crippen LogP contribution in [0.4, 0.5) is 0 Å². The van der Waals surface area contributed by atoms with Crippen LogP contribution in [0.1, 0.15) is 25.0 Å². The number of aliphatic hydroxyl groups excluding tert-OH is 2. The van der Waals surface area contributed by atoms with Gasteiger partial charge in [0.1, 0.15) is 0 Å². The summed E-state index contributed by atoms with van der Waals surface area (Å²) < 4.78 is 0. The third-order valence-electron chi connectivity index (χ3n) is 2.60. The molecule has 0 spiro atoms. The molecular formula is C14H23NO2S. The Labute approximate surface area is 114 Å². The van der Waals surface area contributed by atoms with Crippen LogP contribution in [0.15, 0.2) is 23.1 Å². The number of rotatable bonds is 7. The monoisotopic (exact) mass is 269 g/mol. The van der Waals surface area contributed by atoms with Gasteiger partial charge in [-0.3, -0.25) is 0 Å². The molecule has 1 aromatic rings. The van der Waals surface area contributed by atoms with Gasteiger partial charge >= 0.3 is 0 Å². The molecular weight excluding hydrogens is 246 g/mol. The molecule has 4 heteroatoms. The van der Waals surface area contributed by atoms with Gasteiger partial charge in [-0.05, 0) is 24.1 Å². The van der Waals surface area contributed by atoms with E-state index in [1.807, 2.05) is 0 Å². The Morgan fingerprint density at radius 2 is 2.06 bits per heavy atom. The molecule has 18 heavy (non-hydrogen) atoms. The summed E-state index contributed by atoms with van der Waals surface area (Å²) in [6, 6.07) is 6.85. The highest BCUT2D eigenvalue weighted by Crippen LogP contribution is 2.24. The quantitative estimate of drug-likeness (QED) is 0.662. The van der Waals surface area contributed by atoms with E-state index in [1.54, 1.807) is 11.8 Å². The highest BCUT2D eigenvalue weighted by Gasteiger charge is 2.06. The van der Waals surface area contributed by atoms with Crippen LogP contribution in [-0.4, -0.2) is 34.7 Å². The number of nitrogens with one attached hydrogen (secondary N) is 1. The Kier molecular flexibility index (Phi) is 6.71. The summed E-state index contributed by atoms with van der Waals surface area (Å²) in [5.41, 5.74) is 2.49. The maximum Gasteiger partial charge on any atom is 0.0864 e. The second kappa shape index (κ2) is 7.79. The van der Waals surface area contributed by atoms with E-state index in [9.17, 15) is 5.11 Å². The third-order valence-corrected chi connectivity index (χ3v) is 3.92. The summed E-state index contributed by atoms with van der Waals surface area (Å²) in [5.74, 6) is 0.529. The van der Waals surface area contributed by atoms with Gasteiger partial charge < -0.3 is 15.5 Å². The van der Waals surface area contributed by atoms with Gasteiger partial charge in [0.05, 0.1) is 12.7 Å². The van der Waals surface area contributed by atoms with E-state index in [0.717, 1.165) is 11.4 Å². The van der Waals surface area contributed by atoms with E-state index in [0.29, 0.717) is 11.8 Å². The zero-order chi connectivity index (χ0) is 13.5. The molecule has 0 radical (unpaired) electrons. The molecule has 3 N–H and O–H groups in total. The summed E-state index contributed by atoms with van der Waals surface area (Å²) >= 11 is 1.58. The molecule has 0 aliphatic carbocycles. The van der Waals surface area contributed by atoms with E-state index in [-0.39, 0.29) is 6.61 Å². The first-order chi connectivity index (χ1) is 8.52. The smallest absolute Gasteiger partial charge is 0.0864 e. The second-order valence-electron chi connectivity index (χ2n) is 4.78.